The normalized spacial score (nSPS) is 10.3. The molecule has 0 radical (unpaired) electrons. The minimum Gasteiger partial charge on any atom is -0.494 e. The van der Waals surface area contributed by atoms with Gasteiger partial charge in [-0.3, -0.25) is 4.79 Å². The molecule has 0 spiro atoms. The Morgan fingerprint density at radius 2 is 1.59 bits per heavy atom. The lowest BCUT2D eigenvalue weighted by Gasteiger charge is -2.11. The molecule has 6 heteroatoms. The maximum atomic E-state index is 12.2. The predicted octanol–water partition coefficient (Wildman–Crippen LogP) is 3.94. The first-order valence-electron chi connectivity index (χ1n) is 9.19. The summed E-state index contributed by atoms with van der Waals surface area (Å²) in [6, 6.07) is 14.9. The van der Waals surface area contributed by atoms with Crippen LogP contribution in [0.2, 0.25) is 0 Å². The summed E-state index contributed by atoms with van der Waals surface area (Å²) in [5.41, 5.74) is 1.53. The molecule has 2 rings (SSSR count). The third-order valence-electron chi connectivity index (χ3n) is 3.73. The Kier molecular flexibility index (Phi) is 9.00. The van der Waals surface area contributed by atoms with Crippen molar-refractivity contribution >= 4 is 17.3 Å². The van der Waals surface area contributed by atoms with Crippen molar-refractivity contribution in [2.75, 3.05) is 44.1 Å². The van der Waals surface area contributed by atoms with Crippen molar-refractivity contribution < 1.29 is 19.0 Å². The van der Waals surface area contributed by atoms with E-state index in [-0.39, 0.29) is 12.5 Å². The van der Waals surface area contributed by atoms with Crippen molar-refractivity contribution in [1.29, 1.82) is 0 Å². The number of carbonyl (C=O) groups excluding carboxylic acids is 1. The molecule has 2 aromatic carbocycles. The van der Waals surface area contributed by atoms with Gasteiger partial charge in [-0.15, -0.1) is 0 Å². The number of hydrogen-bond acceptors (Lipinski definition) is 5. The lowest BCUT2D eigenvalue weighted by Crippen LogP contribution is -2.21. The molecular weight excluding hydrogens is 344 g/mol. The van der Waals surface area contributed by atoms with Crippen LogP contribution in [0.5, 0.6) is 11.5 Å². The van der Waals surface area contributed by atoms with Crippen LogP contribution in [0.15, 0.2) is 48.5 Å². The second kappa shape index (κ2) is 11.8. The largest absolute Gasteiger partial charge is 0.494 e. The average Bonchev–Trinajstić information content (AvgIpc) is 2.68. The maximum Gasteiger partial charge on any atom is 0.243 e. The van der Waals surface area contributed by atoms with Crippen molar-refractivity contribution in [3.63, 3.8) is 0 Å². The Hall–Kier alpha value is -2.73. The lowest BCUT2D eigenvalue weighted by molar-refractivity contribution is -0.114. The van der Waals surface area contributed by atoms with Gasteiger partial charge < -0.3 is 24.8 Å². The van der Waals surface area contributed by atoms with Crippen molar-refractivity contribution in [2.45, 2.75) is 19.8 Å². The summed E-state index contributed by atoms with van der Waals surface area (Å²) in [6.07, 6.45) is 2.12. The molecular formula is C21H28N2O4. The first kappa shape index (κ1) is 20.6. The van der Waals surface area contributed by atoms with Crippen LogP contribution < -0.4 is 20.1 Å². The standard InChI is InChI=1S/C21H28N2O4/c1-3-4-11-26-19-9-5-7-17(14-19)22-16-21(24)23-18-8-6-10-20(15-18)27-13-12-25-2/h5-10,14-15,22H,3-4,11-13,16H2,1-2H3,(H,23,24). The maximum absolute atomic E-state index is 12.2. The number of benzene rings is 2. The van der Waals surface area contributed by atoms with Crippen LogP contribution in [0.1, 0.15) is 19.8 Å². The molecule has 0 saturated heterocycles. The number of unbranched alkanes of at least 4 members (excludes halogenated alkanes) is 1. The number of hydrogen-bond donors (Lipinski definition) is 2. The van der Waals surface area contributed by atoms with Gasteiger partial charge in [-0.25, -0.2) is 0 Å². The fourth-order valence-corrected chi connectivity index (χ4v) is 2.32. The van der Waals surface area contributed by atoms with Gasteiger partial charge in [0.05, 0.1) is 19.8 Å². The molecule has 2 aromatic rings. The zero-order valence-corrected chi connectivity index (χ0v) is 16.0. The van der Waals surface area contributed by atoms with Gasteiger partial charge in [0.2, 0.25) is 5.91 Å². The number of amides is 1. The molecule has 2 N–H and O–H groups in total. The Morgan fingerprint density at radius 1 is 0.926 bits per heavy atom. The summed E-state index contributed by atoms with van der Waals surface area (Å²) in [7, 11) is 1.63. The molecule has 0 fully saturated rings. The van der Waals surface area contributed by atoms with Crippen LogP contribution in [0.25, 0.3) is 0 Å². The highest BCUT2D eigenvalue weighted by Gasteiger charge is 2.04. The second-order valence-corrected chi connectivity index (χ2v) is 6.00. The van der Waals surface area contributed by atoms with Crippen LogP contribution in [0.3, 0.4) is 0 Å². The van der Waals surface area contributed by atoms with E-state index >= 15 is 0 Å². The van der Waals surface area contributed by atoms with E-state index in [0.717, 1.165) is 24.3 Å². The Morgan fingerprint density at radius 3 is 2.30 bits per heavy atom. The van der Waals surface area contributed by atoms with E-state index in [4.69, 9.17) is 14.2 Å². The van der Waals surface area contributed by atoms with Crippen LogP contribution in [-0.2, 0) is 9.53 Å². The molecule has 0 bridgehead atoms. The number of nitrogens with one attached hydrogen (secondary N) is 2. The Labute approximate surface area is 160 Å². The molecule has 0 aromatic heterocycles. The monoisotopic (exact) mass is 372 g/mol. The third kappa shape index (κ3) is 8.00. The van der Waals surface area contributed by atoms with Gasteiger partial charge in [-0.1, -0.05) is 25.5 Å². The second-order valence-electron chi connectivity index (χ2n) is 6.00. The first-order chi connectivity index (χ1) is 13.2. The van der Waals surface area contributed by atoms with Crippen molar-refractivity contribution in [3.05, 3.63) is 48.5 Å². The lowest BCUT2D eigenvalue weighted by atomic mass is 10.3. The van der Waals surface area contributed by atoms with Crippen molar-refractivity contribution in [2.24, 2.45) is 0 Å². The number of rotatable bonds is 12. The summed E-state index contributed by atoms with van der Waals surface area (Å²) in [4.78, 5) is 12.2. The molecule has 0 aliphatic rings. The van der Waals surface area contributed by atoms with Gasteiger partial charge in [0.15, 0.2) is 0 Å². The topological polar surface area (TPSA) is 68.8 Å². The van der Waals surface area contributed by atoms with Gasteiger partial charge in [-0.05, 0) is 30.7 Å². The predicted molar refractivity (Wildman–Crippen MR) is 108 cm³/mol. The zero-order chi connectivity index (χ0) is 19.3. The minimum atomic E-state index is -0.138. The fourth-order valence-electron chi connectivity index (χ4n) is 2.32. The fraction of sp³-hybridized carbons (Fsp3) is 0.381. The molecule has 0 aliphatic heterocycles. The SMILES string of the molecule is CCCCOc1cccc(NCC(=O)Nc2cccc(OCCOC)c2)c1. The molecule has 0 unspecified atom stereocenters. The Bertz CT molecular complexity index is 706. The molecule has 0 atom stereocenters. The molecule has 0 heterocycles. The number of methoxy groups -OCH3 is 1. The van der Waals surface area contributed by atoms with E-state index in [1.165, 1.54) is 0 Å². The third-order valence-corrected chi connectivity index (χ3v) is 3.73. The van der Waals surface area contributed by atoms with Crippen LogP contribution in [0.4, 0.5) is 11.4 Å². The molecule has 6 nitrogen and oxygen atoms in total. The van der Waals surface area contributed by atoms with E-state index in [1.54, 1.807) is 13.2 Å². The minimum absolute atomic E-state index is 0.138. The smallest absolute Gasteiger partial charge is 0.243 e. The zero-order valence-electron chi connectivity index (χ0n) is 16.0. The summed E-state index contributed by atoms with van der Waals surface area (Å²) < 4.78 is 16.2. The molecule has 0 aliphatic carbocycles. The van der Waals surface area contributed by atoms with Gasteiger partial charge >= 0.3 is 0 Å². The number of carbonyl (C=O) groups is 1. The van der Waals surface area contributed by atoms with E-state index in [0.29, 0.717) is 31.3 Å². The molecule has 146 valence electrons. The van der Waals surface area contributed by atoms with Crippen LogP contribution >= 0.6 is 0 Å². The quantitative estimate of drug-likeness (QED) is 0.552. The van der Waals surface area contributed by atoms with Gasteiger partial charge in [0, 0.05) is 30.6 Å². The van der Waals surface area contributed by atoms with E-state index in [2.05, 4.69) is 17.6 Å². The van der Waals surface area contributed by atoms with Crippen molar-refractivity contribution in [1.82, 2.24) is 0 Å². The van der Waals surface area contributed by atoms with E-state index in [1.807, 2.05) is 42.5 Å². The van der Waals surface area contributed by atoms with Gasteiger partial charge in [-0.2, -0.15) is 0 Å². The van der Waals surface area contributed by atoms with Gasteiger partial charge in [0.1, 0.15) is 18.1 Å². The molecule has 0 saturated carbocycles. The average molecular weight is 372 g/mol. The summed E-state index contributed by atoms with van der Waals surface area (Å²) >= 11 is 0. The number of anilines is 2. The highest BCUT2D eigenvalue weighted by atomic mass is 16.5. The van der Waals surface area contributed by atoms with E-state index < -0.39 is 0 Å². The highest BCUT2D eigenvalue weighted by Crippen LogP contribution is 2.19. The summed E-state index contributed by atoms with van der Waals surface area (Å²) in [5, 5.41) is 5.97. The molecule has 1 amide bonds. The summed E-state index contributed by atoms with van der Waals surface area (Å²) in [6.45, 7) is 3.96. The highest BCUT2D eigenvalue weighted by molar-refractivity contribution is 5.93. The first-order valence-corrected chi connectivity index (χ1v) is 9.19. The van der Waals surface area contributed by atoms with E-state index in [9.17, 15) is 4.79 Å². The number of ether oxygens (including phenoxy) is 3. The Balaban J connectivity index is 1.80. The summed E-state index contributed by atoms with van der Waals surface area (Å²) in [5.74, 6) is 1.35. The van der Waals surface area contributed by atoms with Crippen LogP contribution in [-0.4, -0.2) is 39.4 Å². The molecule has 27 heavy (non-hydrogen) atoms. The van der Waals surface area contributed by atoms with Crippen molar-refractivity contribution in [3.8, 4) is 11.5 Å². The van der Waals surface area contributed by atoms with Crippen LogP contribution in [0, 0.1) is 0 Å². The van der Waals surface area contributed by atoms with Gasteiger partial charge in [0.25, 0.3) is 0 Å².